The topological polar surface area (TPSA) is 53.4 Å². The molecule has 0 radical (unpaired) electrons. The zero-order valence-corrected chi connectivity index (χ0v) is 21.2. The quantitative estimate of drug-likeness (QED) is 0.494. The number of piperazine rings is 1. The molecule has 3 atom stereocenters. The van der Waals surface area contributed by atoms with Crippen LogP contribution in [0.25, 0.3) is 11.0 Å². The Balaban J connectivity index is 1.36. The Bertz CT molecular complexity index is 1190. The molecule has 3 heterocycles. The zero-order valence-electron chi connectivity index (χ0n) is 19.7. The first-order valence-corrected chi connectivity index (χ1v) is 12.8. The molecule has 0 aliphatic carbocycles. The van der Waals surface area contributed by atoms with Gasteiger partial charge in [0.2, 0.25) is 0 Å². The Morgan fingerprint density at radius 1 is 1.24 bits per heavy atom. The number of aldehydes is 1. The summed E-state index contributed by atoms with van der Waals surface area (Å²) in [5.41, 5.74) is 3.89. The Kier molecular flexibility index (Phi) is 6.60. The second kappa shape index (κ2) is 9.50. The van der Waals surface area contributed by atoms with Crippen molar-refractivity contribution in [2.75, 3.05) is 37.6 Å². The molecular formula is C26H31Cl2N5O. The van der Waals surface area contributed by atoms with E-state index in [4.69, 9.17) is 23.2 Å². The van der Waals surface area contributed by atoms with Gasteiger partial charge in [0.25, 0.3) is 0 Å². The second-order valence-corrected chi connectivity index (χ2v) is 10.6. The predicted molar refractivity (Wildman–Crippen MR) is 139 cm³/mol. The molecule has 0 amide bonds. The van der Waals surface area contributed by atoms with Gasteiger partial charge in [-0.1, -0.05) is 29.3 Å². The van der Waals surface area contributed by atoms with E-state index in [2.05, 4.69) is 56.7 Å². The number of anilines is 1. The van der Waals surface area contributed by atoms with Crippen LogP contribution >= 0.6 is 23.2 Å². The highest BCUT2D eigenvalue weighted by molar-refractivity contribution is 6.35. The molecule has 0 saturated carbocycles. The Morgan fingerprint density at radius 3 is 2.79 bits per heavy atom. The van der Waals surface area contributed by atoms with Gasteiger partial charge in [-0.3, -0.25) is 4.90 Å². The number of carbonyl (C=O) groups is 1. The minimum atomic E-state index is -0.369. The summed E-state index contributed by atoms with van der Waals surface area (Å²) in [7, 11) is 0. The van der Waals surface area contributed by atoms with Crippen LogP contribution in [-0.4, -0.2) is 65.0 Å². The molecule has 2 aliphatic rings. The highest BCUT2D eigenvalue weighted by Crippen LogP contribution is 2.32. The first kappa shape index (κ1) is 23.6. The molecule has 2 fully saturated rings. The molecule has 1 N–H and O–H groups in total. The molecule has 34 heavy (non-hydrogen) atoms. The van der Waals surface area contributed by atoms with Gasteiger partial charge in [-0.05, 0) is 69.1 Å². The maximum absolute atomic E-state index is 11.8. The molecule has 1 unspecified atom stereocenters. The summed E-state index contributed by atoms with van der Waals surface area (Å²) in [4.78, 5) is 21.3. The average molecular weight is 500 g/mol. The number of imidazole rings is 1. The van der Waals surface area contributed by atoms with Crippen molar-refractivity contribution in [2.45, 2.75) is 44.3 Å². The van der Waals surface area contributed by atoms with E-state index in [-0.39, 0.29) is 11.6 Å². The predicted octanol–water partition coefficient (Wildman–Crippen LogP) is 4.78. The van der Waals surface area contributed by atoms with E-state index < -0.39 is 0 Å². The molecule has 2 aliphatic heterocycles. The average Bonchev–Trinajstić information content (AvgIpc) is 3.46. The Labute approximate surface area is 210 Å². The standard InChI is InChI=1S/C26H31Cl2N5O/c1-18-14-31(15-26(16-34)8-3-9-30-26)10-11-32(18)21-5-7-24-25(13-21)33(17-29-24)19(2)22-6-4-20(27)12-23(22)28/h4-7,12-13,16-19,30H,3,8-11,14-15H2,1-2H3/t18-,19-,26?/m1/s1. The molecule has 2 aromatic carbocycles. The maximum atomic E-state index is 11.8. The summed E-state index contributed by atoms with van der Waals surface area (Å²) in [5.74, 6) is 0. The Morgan fingerprint density at radius 2 is 2.09 bits per heavy atom. The lowest BCUT2D eigenvalue weighted by Crippen LogP contribution is -2.58. The number of hydrogen-bond acceptors (Lipinski definition) is 5. The number of hydrogen-bond donors (Lipinski definition) is 1. The van der Waals surface area contributed by atoms with Crippen LogP contribution in [0.2, 0.25) is 10.0 Å². The van der Waals surface area contributed by atoms with Crippen molar-refractivity contribution in [3.8, 4) is 0 Å². The van der Waals surface area contributed by atoms with Gasteiger partial charge in [0.05, 0.1) is 28.9 Å². The van der Waals surface area contributed by atoms with Gasteiger partial charge in [-0.2, -0.15) is 0 Å². The summed E-state index contributed by atoms with van der Waals surface area (Å²) in [6.07, 6.45) is 5.02. The molecule has 0 spiro atoms. The largest absolute Gasteiger partial charge is 0.366 e. The molecule has 3 aromatic rings. The van der Waals surface area contributed by atoms with E-state index in [1.54, 1.807) is 6.07 Å². The number of benzene rings is 2. The molecule has 6 nitrogen and oxygen atoms in total. The van der Waals surface area contributed by atoms with Crippen LogP contribution in [0.15, 0.2) is 42.7 Å². The molecule has 0 bridgehead atoms. The smallest absolute Gasteiger partial charge is 0.141 e. The van der Waals surface area contributed by atoms with Crippen LogP contribution < -0.4 is 10.2 Å². The van der Waals surface area contributed by atoms with Crippen LogP contribution in [0.5, 0.6) is 0 Å². The number of aromatic nitrogens is 2. The van der Waals surface area contributed by atoms with E-state index in [9.17, 15) is 4.79 Å². The molecule has 180 valence electrons. The first-order chi connectivity index (χ1) is 16.4. The van der Waals surface area contributed by atoms with E-state index in [1.165, 1.54) is 5.69 Å². The molecule has 5 rings (SSSR count). The summed E-state index contributed by atoms with van der Waals surface area (Å²) in [6.45, 7) is 8.92. The minimum absolute atomic E-state index is 0.0257. The third-order valence-corrected chi connectivity index (χ3v) is 8.00. The van der Waals surface area contributed by atoms with E-state index in [0.717, 1.165) is 68.4 Å². The summed E-state index contributed by atoms with van der Waals surface area (Å²) in [6, 6.07) is 12.5. The van der Waals surface area contributed by atoms with Gasteiger partial charge in [-0.25, -0.2) is 4.98 Å². The van der Waals surface area contributed by atoms with Crippen LogP contribution in [0.3, 0.4) is 0 Å². The third kappa shape index (κ3) is 4.44. The van der Waals surface area contributed by atoms with E-state index >= 15 is 0 Å². The van der Waals surface area contributed by atoms with Crippen LogP contribution in [0.1, 0.15) is 38.3 Å². The zero-order chi connectivity index (χ0) is 23.9. The van der Waals surface area contributed by atoms with Gasteiger partial charge in [0.15, 0.2) is 0 Å². The van der Waals surface area contributed by atoms with Gasteiger partial charge in [0, 0.05) is 48.0 Å². The van der Waals surface area contributed by atoms with Crippen molar-refractivity contribution in [3.63, 3.8) is 0 Å². The number of fused-ring (bicyclic) bond motifs is 1. The lowest BCUT2D eigenvalue weighted by molar-refractivity contribution is -0.113. The normalized spacial score (nSPS) is 24.6. The number of nitrogens with zero attached hydrogens (tertiary/aromatic N) is 4. The SMILES string of the molecule is C[C@@H]1CN(CC2(C=O)CCCN2)CCN1c1ccc2ncn([C@H](C)c3ccc(Cl)cc3Cl)c2c1. The Hall–Kier alpha value is -2.12. The summed E-state index contributed by atoms with van der Waals surface area (Å²) in [5, 5.41) is 4.72. The number of rotatable bonds is 6. The second-order valence-electron chi connectivity index (χ2n) is 9.75. The van der Waals surface area contributed by atoms with Crippen LogP contribution in [0, 0.1) is 0 Å². The maximum Gasteiger partial charge on any atom is 0.141 e. The number of carbonyl (C=O) groups excluding carboxylic acids is 1. The fraction of sp³-hybridized carbons (Fsp3) is 0.462. The fourth-order valence-corrected chi connectivity index (χ4v) is 6.12. The molecule has 2 saturated heterocycles. The van der Waals surface area contributed by atoms with E-state index in [0.29, 0.717) is 16.1 Å². The van der Waals surface area contributed by atoms with Gasteiger partial charge >= 0.3 is 0 Å². The van der Waals surface area contributed by atoms with Crippen molar-refractivity contribution in [1.29, 1.82) is 0 Å². The van der Waals surface area contributed by atoms with Crippen molar-refractivity contribution >= 4 is 46.2 Å². The van der Waals surface area contributed by atoms with Gasteiger partial charge in [-0.15, -0.1) is 0 Å². The highest BCUT2D eigenvalue weighted by Gasteiger charge is 2.36. The third-order valence-electron chi connectivity index (χ3n) is 7.44. The molecule has 8 heteroatoms. The van der Waals surface area contributed by atoms with Crippen molar-refractivity contribution in [3.05, 3.63) is 58.3 Å². The number of nitrogens with one attached hydrogen (secondary N) is 1. The summed E-state index contributed by atoms with van der Waals surface area (Å²) >= 11 is 12.6. The van der Waals surface area contributed by atoms with Gasteiger partial charge in [0.1, 0.15) is 6.29 Å². The van der Waals surface area contributed by atoms with Crippen molar-refractivity contribution in [2.24, 2.45) is 0 Å². The lowest BCUT2D eigenvalue weighted by Gasteiger charge is -2.43. The molecule has 1 aromatic heterocycles. The minimum Gasteiger partial charge on any atom is -0.366 e. The summed E-state index contributed by atoms with van der Waals surface area (Å²) < 4.78 is 2.18. The fourth-order valence-electron chi connectivity index (χ4n) is 5.55. The van der Waals surface area contributed by atoms with E-state index in [1.807, 2.05) is 18.5 Å². The lowest BCUT2D eigenvalue weighted by atomic mass is 9.98. The van der Waals surface area contributed by atoms with Crippen molar-refractivity contribution in [1.82, 2.24) is 19.8 Å². The van der Waals surface area contributed by atoms with Gasteiger partial charge < -0.3 is 19.6 Å². The monoisotopic (exact) mass is 499 g/mol. The van der Waals surface area contributed by atoms with Crippen molar-refractivity contribution < 1.29 is 4.79 Å². The highest BCUT2D eigenvalue weighted by atomic mass is 35.5. The van der Waals surface area contributed by atoms with Crippen LogP contribution in [0.4, 0.5) is 5.69 Å². The number of halogens is 2. The molecular weight excluding hydrogens is 469 g/mol. The first-order valence-electron chi connectivity index (χ1n) is 12.0. The van der Waals surface area contributed by atoms with Crippen LogP contribution in [-0.2, 0) is 4.79 Å².